The molecule has 0 unspecified atom stereocenters. The van der Waals surface area contributed by atoms with Crippen LogP contribution < -0.4 is 10.2 Å². The molecular weight excluding hydrogens is 492 g/mol. The van der Waals surface area contributed by atoms with Crippen molar-refractivity contribution in [3.63, 3.8) is 0 Å². The van der Waals surface area contributed by atoms with Gasteiger partial charge in [-0.25, -0.2) is 19.2 Å². The maximum atomic E-state index is 13.2. The van der Waals surface area contributed by atoms with Gasteiger partial charge in [-0.05, 0) is 54.4 Å². The number of benzene rings is 2. The Morgan fingerprint density at radius 1 is 1.31 bits per heavy atom. The molecule has 9 nitrogen and oxygen atoms in total. The minimum atomic E-state index is -2.76. The zero-order valence-corrected chi connectivity index (χ0v) is 19.9. The number of aromatic nitrogens is 1. The summed E-state index contributed by atoms with van der Waals surface area (Å²) in [6, 6.07) is 13.4. The van der Waals surface area contributed by atoms with E-state index in [1.807, 2.05) is 6.07 Å². The smallest absolute Gasteiger partial charge is 0.280 e. The maximum Gasteiger partial charge on any atom is 0.280 e. The molecule has 1 amide bonds. The fourth-order valence-corrected chi connectivity index (χ4v) is 4.16. The summed E-state index contributed by atoms with van der Waals surface area (Å²) in [5.74, 6) is 0.262. The summed E-state index contributed by atoms with van der Waals surface area (Å²) in [5.41, 5.74) is 3.97. The Morgan fingerprint density at radius 3 is 2.64 bits per heavy atom. The van der Waals surface area contributed by atoms with Crippen LogP contribution in [0.3, 0.4) is 0 Å². The van der Waals surface area contributed by atoms with Crippen molar-refractivity contribution in [1.29, 1.82) is 5.26 Å². The van der Waals surface area contributed by atoms with Gasteiger partial charge in [-0.15, -0.1) is 11.8 Å². The number of carbonyl (C=O) groups is 1. The second-order valence-corrected chi connectivity index (χ2v) is 8.28. The number of alkyl halides is 2. The standard InChI is InChI=1S/C24H19F2N5O4S/c1-14-9-20(22(25)26)29-24(19(14)11-27)36-13-17-10-15(3-8-21(17)35-2)12-28-30-23(32)16-4-6-18(7-5-16)31(33)34/h3-10,12,22H,13H2,1-2H3,(H,30,32). The molecule has 184 valence electrons. The minimum absolute atomic E-state index is 0.133. The number of halogens is 2. The number of nitro groups is 1. The number of non-ortho nitro benzene ring substituents is 1. The van der Waals surface area contributed by atoms with Crippen LogP contribution in [0.25, 0.3) is 0 Å². The van der Waals surface area contributed by atoms with E-state index in [-0.39, 0.29) is 27.6 Å². The molecule has 0 bridgehead atoms. The number of hydrazone groups is 1. The molecule has 0 aliphatic carbocycles. The summed E-state index contributed by atoms with van der Waals surface area (Å²) >= 11 is 1.13. The van der Waals surface area contributed by atoms with Crippen LogP contribution in [-0.2, 0) is 5.75 Å². The van der Waals surface area contributed by atoms with E-state index in [9.17, 15) is 29.0 Å². The summed E-state index contributed by atoms with van der Waals surface area (Å²) in [7, 11) is 1.49. The lowest BCUT2D eigenvalue weighted by Gasteiger charge is -2.11. The van der Waals surface area contributed by atoms with Crippen molar-refractivity contribution in [2.45, 2.75) is 24.1 Å². The van der Waals surface area contributed by atoms with E-state index >= 15 is 0 Å². The molecule has 3 aromatic rings. The lowest BCUT2D eigenvalue weighted by atomic mass is 10.1. The van der Waals surface area contributed by atoms with E-state index in [4.69, 9.17) is 4.74 Å². The number of nitrogens with zero attached hydrogens (tertiary/aromatic N) is 4. The topological polar surface area (TPSA) is 131 Å². The highest BCUT2D eigenvalue weighted by atomic mass is 32.2. The van der Waals surface area contributed by atoms with Gasteiger partial charge in [-0.2, -0.15) is 10.4 Å². The number of aryl methyl sites for hydroxylation is 1. The average Bonchev–Trinajstić information content (AvgIpc) is 2.87. The number of nitriles is 1. The summed E-state index contributed by atoms with van der Waals surface area (Å²) in [6.07, 6.45) is -1.36. The van der Waals surface area contributed by atoms with Gasteiger partial charge in [-0.3, -0.25) is 14.9 Å². The molecule has 2 aromatic carbocycles. The van der Waals surface area contributed by atoms with Crippen molar-refractivity contribution in [2.24, 2.45) is 5.10 Å². The Kier molecular flexibility index (Phi) is 8.64. The number of ether oxygens (including phenoxy) is 1. The summed E-state index contributed by atoms with van der Waals surface area (Å²) in [4.78, 5) is 26.3. The van der Waals surface area contributed by atoms with Crippen LogP contribution in [-0.4, -0.2) is 29.1 Å². The molecule has 0 aliphatic heterocycles. The summed E-state index contributed by atoms with van der Waals surface area (Å²) in [6.45, 7) is 1.58. The first-order chi connectivity index (χ1) is 17.2. The van der Waals surface area contributed by atoms with E-state index in [0.29, 0.717) is 22.4 Å². The number of methoxy groups -OCH3 is 1. The largest absolute Gasteiger partial charge is 0.496 e. The molecule has 0 atom stereocenters. The van der Waals surface area contributed by atoms with Gasteiger partial charge in [0.1, 0.15) is 22.5 Å². The number of pyridine rings is 1. The van der Waals surface area contributed by atoms with Gasteiger partial charge in [0.2, 0.25) is 0 Å². The molecular formula is C24H19F2N5O4S. The van der Waals surface area contributed by atoms with E-state index in [1.165, 1.54) is 43.7 Å². The molecule has 0 spiro atoms. The van der Waals surface area contributed by atoms with Crippen molar-refractivity contribution in [2.75, 3.05) is 7.11 Å². The van der Waals surface area contributed by atoms with Gasteiger partial charge in [-0.1, -0.05) is 0 Å². The third kappa shape index (κ3) is 6.39. The Morgan fingerprint density at radius 2 is 2.03 bits per heavy atom. The predicted octanol–water partition coefficient (Wildman–Crippen LogP) is 5.17. The fraction of sp³-hybridized carbons (Fsp3) is 0.167. The van der Waals surface area contributed by atoms with Crippen LogP contribution >= 0.6 is 11.8 Å². The van der Waals surface area contributed by atoms with Gasteiger partial charge in [0.05, 0.1) is 23.8 Å². The number of thioether (sulfide) groups is 1. The number of hydrogen-bond donors (Lipinski definition) is 1. The highest BCUT2D eigenvalue weighted by molar-refractivity contribution is 7.98. The minimum Gasteiger partial charge on any atom is -0.496 e. The van der Waals surface area contributed by atoms with Crippen LogP contribution in [0.4, 0.5) is 14.5 Å². The maximum absolute atomic E-state index is 13.2. The summed E-state index contributed by atoms with van der Waals surface area (Å²) in [5, 5.41) is 24.3. The van der Waals surface area contributed by atoms with Crippen LogP contribution in [0.1, 0.15) is 44.7 Å². The van der Waals surface area contributed by atoms with Crippen molar-refractivity contribution >= 4 is 29.6 Å². The van der Waals surface area contributed by atoms with Gasteiger partial charge in [0, 0.05) is 29.0 Å². The highest BCUT2D eigenvalue weighted by Crippen LogP contribution is 2.32. The first-order valence-electron chi connectivity index (χ1n) is 10.3. The number of nitro benzene ring substituents is 1. The van der Waals surface area contributed by atoms with Gasteiger partial charge in [0.15, 0.2) is 0 Å². The van der Waals surface area contributed by atoms with Crippen LogP contribution in [0, 0.1) is 28.4 Å². The SMILES string of the molecule is COc1ccc(C=NNC(=O)c2ccc([N+](=O)[O-])cc2)cc1CSc1nc(C(F)F)cc(C)c1C#N. The Labute approximate surface area is 209 Å². The zero-order valence-electron chi connectivity index (χ0n) is 19.1. The highest BCUT2D eigenvalue weighted by Gasteiger charge is 2.17. The zero-order chi connectivity index (χ0) is 26.2. The molecule has 3 rings (SSSR count). The van der Waals surface area contributed by atoms with Crippen molar-refractivity contribution in [3.8, 4) is 11.8 Å². The quantitative estimate of drug-likeness (QED) is 0.181. The number of carbonyl (C=O) groups excluding carboxylic acids is 1. The molecule has 1 N–H and O–H groups in total. The van der Waals surface area contributed by atoms with Gasteiger partial charge < -0.3 is 4.74 Å². The van der Waals surface area contributed by atoms with E-state index in [1.54, 1.807) is 25.1 Å². The number of hydrogen-bond acceptors (Lipinski definition) is 8. The van der Waals surface area contributed by atoms with E-state index in [0.717, 1.165) is 11.8 Å². The first-order valence-corrected chi connectivity index (χ1v) is 11.3. The van der Waals surface area contributed by atoms with Crippen molar-refractivity contribution in [1.82, 2.24) is 10.4 Å². The molecule has 0 aliphatic rings. The Bertz CT molecular complexity index is 1360. The fourth-order valence-electron chi connectivity index (χ4n) is 3.12. The second kappa shape index (κ2) is 11.9. The second-order valence-electron chi connectivity index (χ2n) is 7.32. The molecule has 0 saturated heterocycles. The molecule has 12 heteroatoms. The molecule has 36 heavy (non-hydrogen) atoms. The van der Waals surface area contributed by atoms with Crippen LogP contribution in [0.5, 0.6) is 5.75 Å². The molecule has 0 radical (unpaired) electrons. The van der Waals surface area contributed by atoms with Crippen molar-refractivity contribution < 1.29 is 23.2 Å². The molecule has 0 saturated carbocycles. The first kappa shape index (κ1) is 26.2. The third-order valence-electron chi connectivity index (χ3n) is 4.93. The average molecular weight is 512 g/mol. The normalized spacial score (nSPS) is 10.9. The molecule has 1 aromatic heterocycles. The monoisotopic (exact) mass is 511 g/mol. The van der Waals surface area contributed by atoms with Crippen LogP contribution in [0.2, 0.25) is 0 Å². The van der Waals surface area contributed by atoms with E-state index < -0.39 is 22.9 Å². The summed E-state index contributed by atoms with van der Waals surface area (Å²) < 4.78 is 31.7. The Hall–Kier alpha value is -4.37. The number of amides is 1. The predicted molar refractivity (Wildman–Crippen MR) is 129 cm³/mol. The van der Waals surface area contributed by atoms with E-state index in [2.05, 4.69) is 15.5 Å². The lowest BCUT2D eigenvalue weighted by molar-refractivity contribution is -0.384. The van der Waals surface area contributed by atoms with Gasteiger partial charge in [0.25, 0.3) is 18.0 Å². The van der Waals surface area contributed by atoms with Crippen molar-refractivity contribution in [3.05, 3.63) is 92.2 Å². The molecule has 1 heterocycles. The molecule has 0 fully saturated rings. The number of rotatable bonds is 9. The third-order valence-corrected chi connectivity index (χ3v) is 5.95. The number of nitrogens with one attached hydrogen (secondary N) is 1. The lowest BCUT2D eigenvalue weighted by Crippen LogP contribution is -2.17. The Balaban J connectivity index is 1.74. The van der Waals surface area contributed by atoms with Crippen LogP contribution in [0.15, 0.2) is 58.7 Å². The van der Waals surface area contributed by atoms with Gasteiger partial charge >= 0.3 is 0 Å².